The van der Waals surface area contributed by atoms with Crippen molar-refractivity contribution in [3.8, 4) is 23.2 Å². The molecule has 0 amide bonds. The maximum absolute atomic E-state index is 13.2. The van der Waals surface area contributed by atoms with E-state index in [1.165, 1.54) is 24.4 Å². The van der Waals surface area contributed by atoms with Crippen molar-refractivity contribution in [3.05, 3.63) is 98.8 Å². The van der Waals surface area contributed by atoms with Crippen LogP contribution in [0.25, 0.3) is 22.3 Å². The minimum Gasteiger partial charge on any atom is -0.478 e. The lowest BCUT2D eigenvalue weighted by Crippen LogP contribution is -2.20. The lowest BCUT2D eigenvalue weighted by Gasteiger charge is -2.10. The van der Waals surface area contributed by atoms with Crippen molar-refractivity contribution in [1.29, 1.82) is 5.26 Å². The molecule has 0 spiro atoms. The van der Waals surface area contributed by atoms with E-state index < -0.39 is 10.5 Å². The van der Waals surface area contributed by atoms with E-state index in [1.807, 2.05) is 24.3 Å². The third-order valence-electron chi connectivity index (χ3n) is 4.59. The number of ether oxygens (including phenoxy) is 1. The Morgan fingerprint density at radius 2 is 1.88 bits per heavy atom. The summed E-state index contributed by atoms with van der Waals surface area (Å²) in [5, 5.41) is 24.7. The molecule has 1 heterocycles. The molecule has 0 atom stereocenters. The van der Waals surface area contributed by atoms with Crippen molar-refractivity contribution < 1.29 is 9.66 Å². The van der Waals surface area contributed by atoms with Gasteiger partial charge in [0.05, 0.1) is 22.0 Å². The fraction of sp³-hybridized carbons (Fsp3) is 0.0435. The number of non-ortho nitro benzene ring substituents is 1. The van der Waals surface area contributed by atoms with Crippen LogP contribution in [0.3, 0.4) is 0 Å². The number of hydrogen-bond donors (Lipinski definition) is 0. The second kappa shape index (κ2) is 8.89. The summed E-state index contributed by atoms with van der Waals surface area (Å²) in [6.07, 6.45) is 1.28. The minimum absolute atomic E-state index is 0.178. The van der Waals surface area contributed by atoms with Crippen LogP contribution in [0.4, 0.5) is 5.69 Å². The molecule has 4 rings (SSSR count). The zero-order chi connectivity index (χ0) is 22.5. The third kappa shape index (κ3) is 4.06. The summed E-state index contributed by atoms with van der Waals surface area (Å²) in [4.78, 5) is 28.4. The third-order valence-corrected chi connectivity index (χ3v) is 4.59. The Hall–Kier alpha value is -4.84. The second-order valence-corrected chi connectivity index (χ2v) is 6.61. The molecule has 4 aromatic rings. The molecule has 0 unspecified atom stereocenters. The van der Waals surface area contributed by atoms with Gasteiger partial charge in [-0.25, -0.2) is 4.98 Å². The Morgan fingerprint density at radius 3 is 2.62 bits per heavy atom. The van der Waals surface area contributed by atoms with E-state index in [0.29, 0.717) is 22.3 Å². The molecule has 9 nitrogen and oxygen atoms in total. The first-order valence-electron chi connectivity index (χ1n) is 9.48. The monoisotopic (exact) mass is 425 g/mol. The van der Waals surface area contributed by atoms with Gasteiger partial charge in [-0.1, -0.05) is 42.5 Å². The van der Waals surface area contributed by atoms with Gasteiger partial charge in [0.1, 0.15) is 11.8 Å². The van der Waals surface area contributed by atoms with Crippen molar-refractivity contribution in [2.24, 2.45) is 5.10 Å². The number of rotatable bonds is 6. The van der Waals surface area contributed by atoms with Crippen molar-refractivity contribution in [3.63, 3.8) is 0 Å². The maximum Gasteiger partial charge on any atom is 0.282 e. The lowest BCUT2D eigenvalue weighted by atomic mass is 10.2. The highest BCUT2D eigenvalue weighted by Crippen LogP contribution is 2.24. The van der Waals surface area contributed by atoms with E-state index in [4.69, 9.17) is 10.00 Å². The van der Waals surface area contributed by atoms with Crippen molar-refractivity contribution >= 4 is 22.8 Å². The lowest BCUT2D eigenvalue weighted by molar-refractivity contribution is -0.384. The van der Waals surface area contributed by atoms with Gasteiger partial charge < -0.3 is 4.74 Å². The normalized spacial score (nSPS) is 10.8. The summed E-state index contributed by atoms with van der Waals surface area (Å²) in [6.45, 7) is -0.245. The number of nitro benzene ring substituents is 1. The van der Waals surface area contributed by atoms with Gasteiger partial charge in [-0.2, -0.15) is 15.0 Å². The Morgan fingerprint density at radius 1 is 1.12 bits per heavy atom. The summed E-state index contributed by atoms with van der Waals surface area (Å²) >= 11 is 0. The zero-order valence-corrected chi connectivity index (χ0v) is 16.6. The molecular formula is C23H15N5O4. The van der Waals surface area contributed by atoms with Crippen LogP contribution < -0.4 is 10.3 Å². The van der Waals surface area contributed by atoms with Crippen LogP contribution in [0.1, 0.15) is 5.56 Å². The first-order valence-corrected chi connectivity index (χ1v) is 9.48. The van der Waals surface area contributed by atoms with Crippen molar-refractivity contribution in [1.82, 2.24) is 9.66 Å². The summed E-state index contributed by atoms with van der Waals surface area (Å²) in [5.41, 5.74) is 0.871. The summed E-state index contributed by atoms with van der Waals surface area (Å²) in [6, 6.07) is 21.8. The zero-order valence-electron chi connectivity index (χ0n) is 16.6. The number of fused-ring (bicyclic) bond motifs is 1. The van der Waals surface area contributed by atoms with Crippen molar-refractivity contribution in [2.45, 2.75) is 0 Å². The predicted octanol–water partition coefficient (Wildman–Crippen LogP) is 3.76. The second-order valence-electron chi connectivity index (χ2n) is 6.61. The molecule has 1 aromatic heterocycles. The van der Waals surface area contributed by atoms with Gasteiger partial charge in [0.15, 0.2) is 12.4 Å². The number of nitro groups is 1. The molecule has 9 heteroatoms. The first-order chi connectivity index (χ1) is 15.6. The van der Waals surface area contributed by atoms with E-state index in [2.05, 4.69) is 10.1 Å². The summed E-state index contributed by atoms with van der Waals surface area (Å²) in [5.74, 6) is 0.541. The minimum atomic E-state index is -0.551. The number of para-hydroxylation sites is 1. The highest BCUT2D eigenvalue weighted by molar-refractivity contribution is 5.85. The molecule has 156 valence electrons. The van der Waals surface area contributed by atoms with Gasteiger partial charge in [0, 0.05) is 23.3 Å². The Bertz CT molecular complexity index is 1440. The van der Waals surface area contributed by atoms with E-state index in [-0.39, 0.29) is 23.6 Å². The maximum atomic E-state index is 13.2. The van der Waals surface area contributed by atoms with Crippen LogP contribution in [0.5, 0.6) is 5.75 Å². The SMILES string of the molecule is N#CCOc1ccc([N+](=O)[O-])cc1C=Nn1c(-c2ccccc2)nc2ccccc2c1=O. The van der Waals surface area contributed by atoms with E-state index in [0.717, 1.165) is 4.68 Å². The van der Waals surface area contributed by atoms with Crippen LogP contribution >= 0.6 is 0 Å². The number of hydrogen-bond acceptors (Lipinski definition) is 7. The summed E-state index contributed by atoms with van der Waals surface area (Å²) < 4.78 is 6.49. The largest absolute Gasteiger partial charge is 0.478 e. The molecule has 0 N–H and O–H groups in total. The van der Waals surface area contributed by atoms with E-state index in [9.17, 15) is 14.9 Å². The molecule has 0 saturated heterocycles. The van der Waals surface area contributed by atoms with Gasteiger partial charge in [-0.15, -0.1) is 0 Å². The molecule has 0 aliphatic rings. The highest BCUT2D eigenvalue weighted by atomic mass is 16.6. The summed E-state index contributed by atoms with van der Waals surface area (Å²) in [7, 11) is 0. The Balaban J connectivity index is 1.90. The number of benzene rings is 3. The Labute approximate surface area is 181 Å². The Kier molecular flexibility index (Phi) is 5.68. The molecule has 0 fully saturated rings. The highest BCUT2D eigenvalue weighted by Gasteiger charge is 2.14. The molecular weight excluding hydrogens is 410 g/mol. The van der Waals surface area contributed by atoms with Gasteiger partial charge in [0.25, 0.3) is 11.2 Å². The molecule has 0 saturated carbocycles. The topological polar surface area (TPSA) is 123 Å². The van der Waals surface area contributed by atoms with Crippen LogP contribution in [-0.2, 0) is 0 Å². The molecule has 0 aliphatic heterocycles. The first kappa shape index (κ1) is 20.4. The predicted molar refractivity (Wildman–Crippen MR) is 119 cm³/mol. The smallest absolute Gasteiger partial charge is 0.282 e. The number of nitrogens with zero attached hydrogens (tertiary/aromatic N) is 5. The van der Waals surface area contributed by atoms with Gasteiger partial charge in [-0.05, 0) is 18.2 Å². The van der Waals surface area contributed by atoms with E-state index in [1.54, 1.807) is 36.4 Å². The van der Waals surface area contributed by atoms with Crippen LogP contribution in [0.15, 0.2) is 82.7 Å². The fourth-order valence-electron chi connectivity index (χ4n) is 3.12. The fourth-order valence-corrected chi connectivity index (χ4v) is 3.12. The molecule has 0 bridgehead atoms. The average Bonchev–Trinajstić information content (AvgIpc) is 2.82. The number of nitriles is 1. The molecule has 3 aromatic carbocycles. The van der Waals surface area contributed by atoms with Gasteiger partial charge in [0.2, 0.25) is 0 Å². The van der Waals surface area contributed by atoms with Crippen LogP contribution in [-0.4, -0.2) is 27.4 Å². The van der Waals surface area contributed by atoms with Crippen LogP contribution in [0.2, 0.25) is 0 Å². The average molecular weight is 425 g/mol. The molecule has 0 radical (unpaired) electrons. The molecule has 32 heavy (non-hydrogen) atoms. The van der Waals surface area contributed by atoms with Gasteiger partial charge >= 0.3 is 0 Å². The standard InChI is InChI=1S/C23H15N5O4/c24-12-13-32-21-11-10-18(28(30)31)14-17(21)15-25-27-22(16-6-2-1-3-7-16)26-20-9-5-4-8-19(20)23(27)29/h1-11,14-15H,13H2. The van der Waals surface area contributed by atoms with Gasteiger partial charge in [-0.3, -0.25) is 14.9 Å². The van der Waals surface area contributed by atoms with Crippen LogP contribution in [0, 0.1) is 21.4 Å². The van der Waals surface area contributed by atoms with Crippen molar-refractivity contribution in [2.75, 3.05) is 6.61 Å². The molecule has 0 aliphatic carbocycles. The number of aromatic nitrogens is 2. The van der Waals surface area contributed by atoms with E-state index >= 15 is 0 Å². The quantitative estimate of drug-likeness (QED) is 0.263.